The number of benzene rings is 4. The fourth-order valence-electron chi connectivity index (χ4n) is 16.6. The molecule has 416 valence electrons. The van der Waals surface area contributed by atoms with Crippen molar-refractivity contribution in [2.45, 2.75) is 151 Å². The van der Waals surface area contributed by atoms with E-state index in [0.29, 0.717) is 37.3 Å². The van der Waals surface area contributed by atoms with Crippen LogP contribution in [0, 0.1) is 34.1 Å². The van der Waals surface area contributed by atoms with E-state index in [2.05, 4.69) is 66.2 Å². The number of H-pyrrole nitrogens is 2. The second-order valence-corrected chi connectivity index (χ2v) is 25.4. The zero-order valence-electron chi connectivity index (χ0n) is 45.2. The molecule has 16 rings (SSSR count). The number of likely N-dealkylation sites (tertiary alicyclic amines) is 2. The molecule has 8 fully saturated rings. The second-order valence-electron chi connectivity index (χ2n) is 25.4. The second kappa shape index (κ2) is 19.3. The largest absolute Gasteiger partial charge is 0.393 e. The Hall–Kier alpha value is -5.10. The van der Waals surface area contributed by atoms with Crippen molar-refractivity contribution in [1.29, 1.82) is 0 Å². The van der Waals surface area contributed by atoms with Crippen molar-refractivity contribution in [3.05, 3.63) is 130 Å². The van der Waals surface area contributed by atoms with Gasteiger partial charge in [-0.3, -0.25) is 28.4 Å². The van der Waals surface area contributed by atoms with Gasteiger partial charge in [-0.2, -0.15) is 0 Å². The summed E-state index contributed by atoms with van der Waals surface area (Å²) >= 11 is 0. The first kappa shape index (κ1) is 52.3. The molecule has 2 aromatic heterocycles. The van der Waals surface area contributed by atoms with Crippen molar-refractivity contribution in [3.63, 3.8) is 0 Å². The van der Waals surface area contributed by atoms with Gasteiger partial charge in [-0.15, -0.1) is 0 Å². The number of fused-ring (bicyclic) bond motifs is 6. The Bertz CT molecular complexity index is 2960. The Kier molecular flexibility index (Phi) is 12.9. The van der Waals surface area contributed by atoms with Gasteiger partial charge < -0.3 is 30.8 Å². The summed E-state index contributed by atoms with van der Waals surface area (Å²) in [6.07, 6.45) is 7.04. The van der Waals surface area contributed by atoms with Crippen LogP contribution in [-0.2, 0) is 12.8 Å². The molecule has 4 bridgehead atoms. The van der Waals surface area contributed by atoms with E-state index in [4.69, 9.17) is 0 Å². The van der Waals surface area contributed by atoms with Gasteiger partial charge in [-0.1, -0.05) is 36.4 Å². The Morgan fingerprint density at radius 2 is 0.910 bits per heavy atom. The van der Waals surface area contributed by atoms with Crippen LogP contribution in [0.2, 0.25) is 0 Å². The van der Waals surface area contributed by atoms with Crippen LogP contribution < -0.4 is 10.6 Å². The molecule has 6 atom stereocenters. The predicted molar refractivity (Wildman–Crippen MR) is 293 cm³/mol. The lowest BCUT2D eigenvalue weighted by Crippen LogP contribution is -2.79. The number of halogens is 6. The van der Waals surface area contributed by atoms with E-state index >= 15 is 17.6 Å². The number of nitrogens with zero attached hydrogens (tertiary/aromatic N) is 4. The molecular formula is C62H74F6N8O2. The number of aromatic amines is 2. The number of alkyl halides is 2. The molecule has 0 spiro atoms. The molecular weight excluding hydrogens is 1000 g/mol. The van der Waals surface area contributed by atoms with E-state index in [9.17, 15) is 19.0 Å². The first-order valence-electron chi connectivity index (χ1n) is 28.7. The number of anilines is 2. The fourth-order valence-corrected chi connectivity index (χ4v) is 16.6. The van der Waals surface area contributed by atoms with E-state index in [1.165, 1.54) is 24.3 Å². The van der Waals surface area contributed by atoms with Crippen molar-refractivity contribution in [2.75, 3.05) is 63.3 Å². The first-order valence-corrected chi connectivity index (χ1v) is 28.7. The van der Waals surface area contributed by atoms with E-state index in [-0.39, 0.29) is 82.8 Å². The lowest BCUT2D eigenvalue weighted by atomic mass is 9.36. The molecule has 0 unspecified atom stereocenters. The molecule has 6 aromatic rings. The Balaban J connectivity index is 0.000000148. The highest BCUT2D eigenvalue weighted by molar-refractivity contribution is 5.86. The summed E-state index contributed by atoms with van der Waals surface area (Å²) in [5.41, 5.74) is 6.65. The topological polar surface area (TPSA) is 109 Å². The van der Waals surface area contributed by atoms with Crippen molar-refractivity contribution >= 4 is 33.2 Å². The normalized spacial score (nSPS) is 31.3. The summed E-state index contributed by atoms with van der Waals surface area (Å²) in [5, 5.41) is 29.5. The summed E-state index contributed by atoms with van der Waals surface area (Å²) < 4.78 is 89.2. The number of nitrogens with one attached hydrogen (secondary N) is 4. The number of hydrogen-bond donors (Lipinski definition) is 6. The minimum absolute atomic E-state index is 0.0588. The molecule has 6 N–H and O–H groups in total. The predicted octanol–water partition coefficient (Wildman–Crippen LogP) is 11.1. The van der Waals surface area contributed by atoms with Crippen LogP contribution in [0.4, 0.5) is 37.7 Å². The fraction of sp³-hybridized carbons (Fsp3) is 0.548. The summed E-state index contributed by atoms with van der Waals surface area (Å²) in [5.74, 6) is -2.18. The Morgan fingerprint density at radius 3 is 1.24 bits per heavy atom. The lowest BCUT2D eigenvalue weighted by Gasteiger charge is -2.77. The highest BCUT2D eigenvalue weighted by Crippen LogP contribution is 2.75. The van der Waals surface area contributed by atoms with Crippen molar-refractivity contribution in [3.8, 4) is 0 Å². The van der Waals surface area contributed by atoms with Crippen LogP contribution in [0.3, 0.4) is 0 Å². The molecule has 4 aliphatic heterocycles. The van der Waals surface area contributed by atoms with Gasteiger partial charge in [0, 0.05) is 129 Å². The molecule has 0 amide bonds. The number of hydrogen-bond acceptors (Lipinski definition) is 8. The third-order valence-electron chi connectivity index (χ3n) is 20.3. The van der Waals surface area contributed by atoms with Gasteiger partial charge in [0.25, 0.3) is 0 Å². The number of aromatic nitrogens is 2. The molecule has 6 saturated carbocycles. The van der Waals surface area contributed by atoms with Gasteiger partial charge in [0.05, 0.1) is 49.7 Å². The molecule has 16 heteroatoms. The maximum atomic E-state index is 16.1. The Labute approximate surface area is 452 Å². The highest BCUT2D eigenvalue weighted by Gasteiger charge is 2.75. The quantitative estimate of drug-likeness (QED) is 0.0532. The maximum Gasteiger partial charge on any atom is 0.133 e. The van der Waals surface area contributed by atoms with E-state index in [1.807, 2.05) is 50.2 Å². The van der Waals surface area contributed by atoms with Crippen LogP contribution in [-0.4, -0.2) is 140 Å². The summed E-state index contributed by atoms with van der Waals surface area (Å²) in [7, 11) is 0. The molecule has 10 nitrogen and oxygen atoms in total. The average Bonchev–Trinajstić information content (AvgIpc) is 2.82. The number of aliphatic hydroxyl groups is 2. The third-order valence-corrected chi connectivity index (χ3v) is 20.3. The smallest absolute Gasteiger partial charge is 0.133 e. The number of aliphatic hydroxyl groups excluding tert-OH is 2. The first-order chi connectivity index (χ1) is 37.5. The standard InChI is InChI=1S/2C31H37F3N4O/c2*1-18-10-23-22-6-3-4-7-26(22)36-28(23)29(38(18)31-15-30(16-31,17-31)19(2)39)27-24(33)11-20(12-25(27)34)35-21-13-37(14-21)9-5-8-32/h2*3-4,6-7,11-12,18-19,21,29,35-36,39H,5,8-10,13-17H2,1-2H3/t18-,19+,29-,30?,31?;18-,19-,29-,30?,31?/m10/s1. The summed E-state index contributed by atoms with van der Waals surface area (Å²) in [4.78, 5) is 16.1. The summed E-state index contributed by atoms with van der Waals surface area (Å²) in [6.45, 7) is 11.8. The van der Waals surface area contributed by atoms with E-state index < -0.39 is 35.4 Å². The van der Waals surface area contributed by atoms with E-state index in [1.54, 1.807) is 0 Å². The molecule has 6 aliphatic carbocycles. The van der Waals surface area contributed by atoms with Gasteiger partial charge in [-0.05, 0) is 139 Å². The molecule has 78 heavy (non-hydrogen) atoms. The highest BCUT2D eigenvalue weighted by atomic mass is 19.2. The van der Waals surface area contributed by atoms with Crippen LogP contribution >= 0.6 is 0 Å². The zero-order valence-corrected chi connectivity index (χ0v) is 45.2. The van der Waals surface area contributed by atoms with Crippen LogP contribution in [0.1, 0.15) is 125 Å². The molecule has 6 heterocycles. The SMILES string of the molecule is C[C@@H]1Cc2c([nH]c3ccccc23)[C@@H](c2c(F)cc(NC3CN(CCCF)C3)cc2F)N1C12CC([C@H](C)O)(C1)C2.C[C@H](O)C12CC(N3[C@@H](c4c(F)cc(NC5CN(CCCF)C5)cc4F)c4[nH]c5ccccc5c4C[C@@H]3C)(C1)C2. The van der Waals surface area contributed by atoms with E-state index in [0.717, 1.165) is 122 Å². The van der Waals surface area contributed by atoms with Gasteiger partial charge in [0.15, 0.2) is 0 Å². The minimum atomic E-state index is -0.572. The van der Waals surface area contributed by atoms with Crippen LogP contribution in [0.25, 0.3) is 21.8 Å². The van der Waals surface area contributed by atoms with Gasteiger partial charge in [0.2, 0.25) is 0 Å². The monoisotopic (exact) mass is 1080 g/mol. The lowest BCUT2D eigenvalue weighted by molar-refractivity contribution is -0.275. The third kappa shape index (κ3) is 8.25. The van der Waals surface area contributed by atoms with Crippen molar-refractivity contribution in [2.24, 2.45) is 10.8 Å². The van der Waals surface area contributed by atoms with Gasteiger partial charge in [-0.25, -0.2) is 17.6 Å². The van der Waals surface area contributed by atoms with Gasteiger partial charge in [0.1, 0.15) is 23.3 Å². The van der Waals surface area contributed by atoms with Gasteiger partial charge >= 0.3 is 0 Å². The zero-order chi connectivity index (χ0) is 54.2. The van der Waals surface area contributed by atoms with Crippen molar-refractivity contribution in [1.82, 2.24) is 29.6 Å². The van der Waals surface area contributed by atoms with Crippen LogP contribution in [0.5, 0.6) is 0 Å². The summed E-state index contributed by atoms with van der Waals surface area (Å²) in [6, 6.07) is 21.2. The molecule has 0 radical (unpaired) electrons. The van der Waals surface area contributed by atoms with Crippen molar-refractivity contribution < 1.29 is 36.6 Å². The molecule has 2 saturated heterocycles. The Morgan fingerprint density at radius 1 is 0.564 bits per heavy atom. The molecule has 4 aromatic carbocycles. The number of para-hydroxylation sites is 2. The van der Waals surface area contributed by atoms with Crippen LogP contribution in [0.15, 0.2) is 72.8 Å². The number of rotatable bonds is 16. The minimum Gasteiger partial charge on any atom is -0.393 e. The average molecular weight is 1080 g/mol. The molecule has 10 aliphatic rings. The maximum absolute atomic E-state index is 16.1.